The van der Waals surface area contributed by atoms with Gasteiger partial charge in [-0.25, -0.2) is 4.39 Å². The summed E-state index contributed by atoms with van der Waals surface area (Å²) in [6.45, 7) is 5.80. The molecule has 5 heteroatoms. The maximum atomic E-state index is 13.6. The van der Waals surface area contributed by atoms with Crippen LogP contribution in [0.2, 0.25) is 0 Å². The van der Waals surface area contributed by atoms with Crippen molar-refractivity contribution < 1.29 is 23.8 Å². The summed E-state index contributed by atoms with van der Waals surface area (Å²) >= 11 is 0. The number of rotatable bonds is 5. The zero-order chi connectivity index (χ0) is 23.9. The van der Waals surface area contributed by atoms with Gasteiger partial charge < -0.3 is 9.47 Å². The average Bonchev–Trinajstić information content (AvgIpc) is 2.89. The molecular formula is C29H31FNO3+. The van der Waals surface area contributed by atoms with Crippen molar-refractivity contribution in [1.29, 1.82) is 0 Å². The lowest BCUT2D eigenvalue weighted by Gasteiger charge is -2.21. The molecule has 1 fully saturated rings. The Bertz CT molecular complexity index is 1220. The van der Waals surface area contributed by atoms with Crippen molar-refractivity contribution in [2.45, 2.75) is 39.2 Å². The van der Waals surface area contributed by atoms with E-state index in [9.17, 15) is 9.60 Å². The molecule has 34 heavy (non-hydrogen) atoms. The number of benzene rings is 3. The molecule has 0 unspecified atom stereocenters. The van der Waals surface area contributed by atoms with Crippen LogP contribution < -0.4 is 9.47 Å². The Kier molecular flexibility index (Phi) is 7.76. The molecule has 0 bridgehead atoms. The van der Waals surface area contributed by atoms with Gasteiger partial charge in [0.2, 0.25) is 11.9 Å². The van der Waals surface area contributed by atoms with Gasteiger partial charge in [0.1, 0.15) is 18.2 Å². The van der Waals surface area contributed by atoms with Gasteiger partial charge in [0.25, 0.3) is 0 Å². The zero-order valence-corrected chi connectivity index (χ0v) is 19.7. The molecule has 0 radical (unpaired) electrons. The molecule has 0 spiro atoms. The molecule has 0 saturated carbocycles. The number of pyridine rings is 1. The van der Waals surface area contributed by atoms with E-state index in [1.807, 2.05) is 62.4 Å². The van der Waals surface area contributed by atoms with Crippen LogP contribution in [0.4, 0.5) is 4.39 Å². The predicted molar refractivity (Wildman–Crippen MR) is 132 cm³/mol. The van der Waals surface area contributed by atoms with Crippen LogP contribution in [-0.4, -0.2) is 18.4 Å². The molecule has 5 rings (SSSR count). The van der Waals surface area contributed by atoms with Gasteiger partial charge in [-0.2, -0.15) is 0 Å². The first-order valence-electron chi connectivity index (χ1n) is 11.9. The first-order valence-corrected chi connectivity index (χ1v) is 11.9. The Hall–Kier alpha value is -3.44. The molecule has 3 aromatic carbocycles. The van der Waals surface area contributed by atoms with Crippen LogP contribution in [0.15, 0.2) is 79.0 Å². The summed E-state index contributed by atoms with van der Waals surface area (Å²) < 4.78 is 26.4. The molecule has 0 aliphatic carbocycles. The van der Waals surface area contributed by atoms with Gasteiger partial charge in [0, 0.05) is 23.3 Å². The van der Waals surface area contributed by atoms with Gasteiger partial charge >= 0.3 is 0 Å². The largest absolute Gasteiger partial charge is 0.489 e. The van der Waals surface area contributed by atoms with Gasteiger partial charge in [-0.1, -0.05) is 56.3 Å². The highest BCUT2D eigenvalue weighted by molar-refractivity contribution is 5.97. The van der Waals surface area contributed by atoms with Crippen LogP contribution in [-0.2, 0) is 11.3 Å². The van der Waals surface area contributed by atoms with Crippen LogP contribution in [0.5, 0.6) is 5.75 Å². The normalized spacial score (nSPS) is 13.9. The smallest absolute Gasteiger partial charge is 0.245 e. The second-order valence-corrected chi connectivity index (χ2v) is 8.15. The van der Waals surface area contributed by atoms with E-state index >= 15 is 0 Å². The molecule has 1 aromatic heterocycles. The first-order chi connectivity index (χ1) is 16.7. The SMILES string of the molecule is CC.O[n+]1cc2cc(OCc3ccccc3)ccc2c(-c2ccc(F)cc2)c1C1CCOCC1. The third-order valence-corrected chi connectivity index (χ3v) is 6.05. The number of hydrogen-bond donors (Lipinski definition) is 1. The molecule has 1 aliphatic rings. The fourth-order valence-electron chi connectivity index (χ4n) is 4.44. The van der Waals surface area contributed by atoms with E-state index in [-0.39, 0.29) is 11.7 Å². The second-order valence-electron chi connectivity index (χ2n) is 8.15. The highest BCUT2D eigenvalue weighted by Gasteiger charge is 2.31. The van der Waals surface area contributed by atoms with Gasteiger partial charge in [0.15, 0.2) is 0 Å². The maximum absolute atomic E-state index is 13.6. The summed E-state index contributed by atoms with van der Waals surface area (Å²) in [6.07, 6.45) is 3.40. The van der Waals surface area contributed by atoms with Crippen molar-refractivity contribution in [2.75, 3.05) is 13.2 Å². The van der Waals surface area contributed by atoms with Gasteiger partial charge in [-0.15, -0.1) is 0 Å². The Morgan fingerprint density at radius 3 is 2.38 bits per heavy atom. The maximum Gasteiger partial charge on any atom is 0.245 e. The molecule has 0 atom stereocenters. The van der Waals surface area contributed by atoms with Gasteiger partial charge in [0.05, 0.1) is 16.9 Å². The quantitative estimate of drug-likeness (QED) is 0.267. The zero-order valence-electron chi connectivity index (χ0n) is 19.7. The van der Waals surface area contributed by atoms with E-state index in [0.29, 0.717) is 19.8 Å². The van der Waals surface area contributed by atoms with Crippen molar-refractivity contribution in [3.63, 3.8) is 0 Å². The Balaban J connectivity index is 0.00000133. The molecule has 4 nitrogen and oxygen atoms in total. The summed E-state index contributed by atoms with van der Waals surface area (Å²) in [5.74, 6) is 0.604. The van der Waals surface area contributed by atoms with E-state index in [4.69, 9.17) is 9.47 Å². The van der Waals surface area contributed by atoms with E-state index in [1.165, 1.54) is 16.9 Å². The molecule has 1 saturated heterocycles. The predicted octanol–water partition coefficient (Wildman–Crippen LogP) is 6.67. The molecule has 2 heterocycles. The molecule has 1 N–H and O–H groups in total. The summed E-state index contributed by atoms with van der Waals surface area (Å²) in [7, 11) is 0. The van der Waals surface area contributed by atoms with Crippen molar-refractivity contribution in [3.8, 4) is 16.9 Å². The van der Waals surface area contributed by atoms with Crippen LogP contribution in [0, 0.1) is 5.82 Å². The van der Waals surface area contributed by atoms with Crippen molar-refractivity contribution in [3.05, 3.63) is 96.1 Å². The van der Waals surface area contributed by atoms with Crippen molar-refractivity contribution in [1.82, 2.24) is 0 Å². The molecule has 4 aromatic rings. The highest BCUT2D eigenvalue weighted by atomic mass is 19.1. The number of fused-ring (bicyclic) bond motifs is 1. The van der Waals surface area contributed by atoms with E-state index in [2.05, 4.69) is 0 Å². The van der Waals surface area contributed by atoms with Crippen LogP contribution >= 0.6 is 0 Å². The second kappa shape index (κ2) is 11.1. The number of aromatic nitrogens is 1. The third kappa shape index (κ3) is 5.20. The monoisotopic (exact) mass is 460 g/mol. The molecule has 0 amide bonds. The van der Waals surface area contributed by atoms with Crippen LogP contribution in [0.25, 0.3) is 21.9 Å². The van der Waals surface area contributed by atoms with Crippen LogP contribution in [0.3, 0.4) is 0 Å². The summed E-state index contributed by atoms with van der Waals surface area (Å²) in [5, 5.41) is 12.9. The Labute approximate surface area is 200 Å². The minimum absolute atomic E-state index is 0.159. The lowest BCUT2D eigenvalue weighted by atomic mass is 9.87. The van der Waals surface area contributed by atoms with Gasteiger partial charge in [-0.05, 0) is 54.3 Å². The lowest BCUT2D eigenvalue weighted by molar-refractivity contribution is -0.909. The molecule has 1 aliphatic heterocycles. The fraction of sp³-hybridized carbons (Fsp3) is 0.276. The van der Waals surface area contributed by atoms with E-state index < -0.39 is 0 Å². The fourth-order valence-corrected chi connectivity index (χ4v) is 4.44. The lowest BCUT2D eigenvalue weighted by Crippen LogP contribution is -2.38. The molecular weight excluding hydrogens is 429 g/mol. The number of ether oxygens (including phenoxy) is 2. The minimum atomic E-state index is -0.282. The van der Waals surface area contributed by atoms with E-state index in [0.717, 1.165) is 51.7 Å². The summed E-state index contributed by atoms with van der Waals surface area (Å²) in [6, 6.07) is 22.4. The Morgan fingerprint density at radius 1 is 0.971 bits per heavy atom. The van der Waals surface area contributed by atoms with E-state index in [1.54, 1.807) is 18.3 Å². The average molecular weight is 461 g/mol. The topological polar surface area (TPSA) is 42.6 Å². The summed E-state index contributed by atoms with van der Waals surface area (Å²) in [4.78, 5) is 0. The van der Waals surface area contributed by atoms with Crippen molar-refractivity contribution in [2.24, 2.45) is 0 Å². The van der Waals surface area contributed by atoms with Crippen molar-refractivity contribution >= 4 is 10.8 Å². The standard InChI is InChI=1S/C27H25FNO3.C2H6/c28-23-8-6-20(7-9-23)26-25-11-10-24(32-18-19-4-2-1-3-5-19)16-22(25)17-29(30)27(26)21-12-14-31-15-13-21;1-2/h1-11,16-17,21,30H,12-15,18H2;1-2H3/q+1;. The first kappa shape index (κ1) is 23.7. The summed E-state index contributed by atoms with van der Waals surface area (Å²) in [5.41, 5.74) is 3.72. The number of nitrogens with zero attached hydrogens (tertiary/aromatic N) is 1. The number of hydrogen-bond acceptors (Lipinski definition) is 3. The number of halogens is 1. The highest BCUT2D eigenvalue weighted by Crippen LogP contribution is 2.38. The Morgan fingerprint density at radius 2 is 1.68 bits per heavy atom. The molecule has 176 valence electrons. The minimum Gasteiger partial charge on any atom is -0.489 e. The van der Waals surface area contributed by atoms with Gasteiger partial charge in [-0.3, -0.25) is 5.21 Å². The van der Waals surface area contributed by atoms with Crippen LogP contribution in [0.1, 0.15) is 43.9 Å². The third-order valence-electron chi connectivity index (χ3n) is 6.05.